The quantitative estimate of drug-likeness (QED) is 0.322. The van der Waals surface area contributed by atoms with Gasteiger partial charge in [-0.1, -0.05) is 51.5 Å². The molecular weight excluding hydrogens is 634 g/mol. The first kappa shape index (κ1) is 28.2. The Hall–Kier alpha value is -4.58. The molecule has 0 radical (unpaired) electrons. The molecule has 2 fully saturated rings. The summed E-state index contributed by atoms with van der Waals surface area (Å²) in [6, 6.07) is 16.4. The number of hydrogen-bond donors (Lipinski definition) is 0. The average Bonchev–Trinajstić information content (AvgIpc) is 3.68. The van der Waals surface area contributed by atoms with E-state index in [-0.39, 0.29) is 18.3 Å². The van der Waals surface area contributed by atoms with Crippen molar-refractivity contribution in [1.29, 1.82) is 0 Å². The number of anilines is 1. The van der Waals surface area contributed by atoms with Gasteiger partial charge in [0.1, 0.15) is 18.2 Å². The molecule has 4 unspecified atom stereocenters. The third-order valence-electron chi connectivity index (χ3n) is 8.40. The van der Waals surface area contributed by atoms with Gasteiger partial charge in [-0.15, -0.1) is 0 Å². The topological polar surface area (TPSA) is 98.0 Å². The lowest BCUT2D eigenvalue weighted by molar-refractivity contribution is -0.136. The molecule has 0 bridgehead atoms. The Kier molecular flexibility index (Phi) is 7.16. The molecule has 1 saturated heterocycles. The van der Waals surface area contributed by atoms with Crippen molar-refractivity contribution in [3.05, 3.63) is 106 Å². The maximum absolute atomic E-state index is 14.0. The molecule has 4 atom stereocenters. The van der Waals surface area contributed by atoms with Crippen molar-refractivity contribution in [1.82, 2.24) is 10.0 Å². The number of hydrazone groups is 1. The number of nitrogens with zero attached hydrogens (tertiary/aromatic N) is 6. The zero-order valence-corrected chi connectivity index (χ0v) is 24.8. The second-order valence-corrected chi connectivity index (χ2v) is 12.0. The van der Waals surface area contributed by atoms with Crippen molar-refractivity contribution in [2.45, 2.75) is 37.4 Å². The predicted octanol–water partition coefficient (Wildman–Crippen LogP) is 5.84. The van der Waals surface area contributed by atoms with E-state index in [2.05, 4.69) is 26.3 Å². The zero-order valence-electron chi connectivity index (χ0n) is 23.2. The van der Waals surface area contributed by atoms with E-state index >= 15 is 0 Å². The summed E-state index contributed by atoms with van der Waals surface area (Å²) in [6.45, 7) is -0.339. The molecule has 3 aromatic carbocycles. The van der Waals surface area contributed by atoms with Crippen LogP contribution in [0.3, 0.4) is 0 Å². The molecule has 1 saturated carbocycles. The van der Waals surface area contributed by atoms with E-state index in [9.17, 15) is 23.2 Å². The van der Waals surface area contributed by atoms with Crippen LogP contribution in [0.2, 0.25) is 0 Å². The Morgan fingerprint density at radius 2 is 1.68 bits per heavy atom. The molecular formula is C32H25BrF2N6O3. The number of imide groups is 1. The lowest BCUT2D eigenvalue weighted by atomic mass is 9.77. The summed E-state index contributed by atoms with van der Waals surface area (Å²) in [4.78, 5) is 41.7. The van der Waals surface area contributed by atoms with Gasteiger partial charge in [0, 0.05) is 10.4 Å². The van der Waals surface area contributed by atoms with Crippen molar-refractivity contribution in [3.8, 4) is 0 Å². The van der Waals surface area contributed by atoms with Crippen LogP contribution >= 0.6 is 15.9 Å². The fourth-order valence-corrected chi connectivity index (χ4v) is 6.78. The smallest absolute Gasteiger partial charge is 0.264 e. The van der Waals surface area contributed by atoms with Gasteiger partial charge in [-0.3, -0.25) is 19.4 Å². The Labute approximate surface area is 259 Å². The fraction of sp³-hybridized carbons (Fsp3) is 0.250. The van der Waals surface area contributed by atoms with Crippen molar-refractivity contribution >= 4 is 51.1 Å². The van der Waals surface area contributed by atoms with Gasteiger partial charge in [0.05, 0.1) is 17.4 Å². The zero-order chi connectivity index (χ0) is 30.5. The van der Waals surface area contributed by atoms with Gasteiger partial charge in [-0.2, -0.15) is 10.2 Å². The van der Waals surface area contributed by atoms with Gasteiger partial charge in [-0.25, -0.2) is 18.7 Å². The molecule has 7 rings (SSSR count). The normalized spacial score (nSPS) is 25.1. The third-order valence-corrected chi connectivity index (χ3v) is 8.89. The molecule has 3 aliphatic heterocycles. The molecule has 12 heteroatoms. The second-order valence-electron chi connectivity index (χ2n) is 11.1. The number of halogens is 3. The first-order valence-electron chi connectivity index (χ1n) is 14.2. The van der Waals surface area contributed by atoms with Gasteiger partial charge in [-0.05, 0) is 84.5 Å². The highest BCUT2D eigenvalue weighted by atomic mass is 79.9. The van der Waals surface area contributed by atoms with Gasteiger partial charge in [0.2, 0.25) is 0 Å². The standard InChI is InChI=1S/C32H25BrF2N6O3/c33-21-4-2-5-24(16-21)40-31(43)28-30(32(40)44)39(38-36-28)17-26(42)41-29(19-9-13-23(35)14-10-19)25-6-1-3-20(27(25)37-41)15-18-7-11-22(34)12-8-18/h2,4-5,7-16,25,28-30H,1,3,6,17H2. The predicted molar refractivity (Wildman–Crippen MR) is 161 cm³/mol. The maximum Gasteiger partial charge on any atom is 0.264 e. The van der Waals surface area contributed by atoms with Crippen LogP contribution in [0.25, 0.3) is 6.08 Å². The minimum atomic E-state index is -1.06. The Morgan fingerprint density at radius 3 is 2.41 bits per heavy atom. The number of fused-ring (bicyclic) bond motifs is 2. The first-order valence-corrected chi connectivity index (χ1v) is 15.0. The van der Waals surface area contributed by atoms with Crippen LogP contribution < -0.4 is 4.90 Å². The summed E-state index contributed by atoms with van der Waals surface area (Å²) in [6.07, 6.45) is 4.30. The number of rotatable bonds is 5. The SMILES string of the molecule is O=C1C2N=NN(CC(=O)N3N=C4C(=Cc5ccc(F)cc5)CCCC4C3c3ccc(F)cc3)C2C(=O)N1c1cccc(Br)c1. The van der Waals surface area contributed by atoms with Crippen LogP contribution in [0, 0.1) is 17.6 Å². The van der Waals surface area contributed by atoms with E-state index < -0.39 is 41.7 Å². The van der Waals surface area contributed by atoms with E-state index in [0.717, 1.165) is 46.6 Å². The Balaban J connectivity index is 1.19. The molecule has 3 amide bonds. The number of carbonyl (C=O) groups excluding carboxylic acids is 3. The molecule has 0 aromatic heterocycles. The van der Waals surface area contributed by atoms with Crippen LogP contribution in [-0.4, -0.2) is 52.1 Å². The van der Waals surface area contributed by atoms with Gasteiger partial charge in [0.15, 0.2) is 12.1 Å². The molecule has 222 valence electrons. The maximum atomic E-state index is 14.0. The molecule has 1 aliphatic carbocycles. The summed E-state index contributed by atoms with van der Waals surface area (Å²) in [5, 5.41) is 15.6. The van der Waals surface area contributed by atoms with Crippen molar-refractivity contribution in [2.24, 2.45) is 21.4 Å². The van der Waals surface area contributed by atoms with Crippen LogP contribution in [0.4, 0.5) is 14.5 Å². The van der Waals surface area contributed by atoms with E-state index in [1.807, 2.05) is 6.08 Å². The highest BCUT2D eigenvalue weighted by Gasteiger charge is 2.55. The molecule has 3 aromatic rings. The minimum Gasteiger partial charge on any atom is -0.271 e. The summed E-state index contributed by atoms with van der Waals surface area (Å²) >= 11 is 3.37. The largest absolute Gasteiger partial charge is 0.271 e. The Morgan fingerprint density at radius 1 is 0.955 bits per heavy atom. The summed E-state index contributed by atoms with van der Waals surface area (Å²) in [5.74, 6) is -2.35. The summed E-state index contributed by atoms with van der Waals surface area (Å²) in [7, 11) is 0. The van der Waals surface area contributed by atoms with E-state index in [1.54, 1.807) is 48.5 Å². The number of benzene rings is 3. The number of amides is 3. The van der Waals surface area contributed by atoms with Crippen LogP contribution in [0.1, 0.15) is 36.4 Å². The van der Waals surface area contributed by atoms with Crippen LogP contribution in [-0.2, 0) is 14.4 Å². The first-order chi connectivity index (χ1) is 21.3. The number of allylic oxidation sites excluding steroid dienone is 1. The molecule has 9 nitrogen and oxygen atoms in total. The van der Waals surface area contributed by atoms with Crippen molar-refractivity contribution in [2.75, 3.05) is 11.4 Å². The van der Waals surface area contributed by atoms with Crippen molar-refractivity contribution in [3.63, 3.8) is 0 Å². The van der Waals surface area contributed by atoms with Crippen molar-refractivity contribution < 1.29 is 23.2 Å². The highest BCUT2D eigenvalue weighted by molar-refractivity contribution is 9.10. The molecule has 0 spiro atoms. The Bertz CT molecular complexity index is 1760. The summed E-state index contributed by atoms with van der Waals surface area (Å²) in [5.41, 5.74) is 3.63. The molecule has 4 aliphatic rings. The second kappa shape index (κ2) is 11.2. The number of carbonyl (C=O) groups is 3. The van der Waals surface area contributed by atoms with Gasteiger partial charge in [0.25, 0.3) is 17.7 Å². The van der Waals surface area contributed by atoms with Crippen LogP contribution in [0.5, 0.6) is 0 Å². The lowest BCUT2D eigenvalue weighted by Crippen LogP contribution is -2.45. The minimum absolute atomic E-state index is 0.153. The van der Waals surface area contributed by atoms with E-state index in [1.165, 1.54) is 34.3 Å². The van der Waals surface area contributed by atoms with E-state index in [4.69, 9.17) is 5.10 Å². The van der Waals surface area contributed by atoms with Crippen LogP contribution in [0.15, 0.2) is 98.3 Å². The molecule has 0 N–H and O–H groups in total. The lowest BCUT2D eigenvalue weighted by Gasteiger charge is -2.30. The fourth-order valence-electron chi connectivity index (χ4n) is 6.40. The number of hydrogen-bond acceptors (Lipinski definition) is 7. The third kappa shape index (κ3) is 4.92. The van der Waals surface area contributed by atoms with Gasteiger partial charge < -0.3 is 0 Å². The van der Waals surface area contributed by atoms with Gasteiger partial charge >= 0.3 is 0 Å². The average molecular weight is 659 g/mol. The monoisotopic (exact) mass is 658 g/mol. The summed E-state index contributed by atoms with van der Waals surface area (Å²) < 4.78 is 28.1. The highest BCUT2D eigenvalue weighted by Crippen LogP contribution is 2.45. The molecule has 3 heterocycles. The van der Waals surface area contributed by atoms with E-state index in [0.29, 0.717) is 10.2 Å². The molecule has 44 heavy (non-hydrogen) atoms.